The molecular formula is C29H28ClN3O3S. The van der Waals surface area contributed by atoms with Crippen molar-refractivity contribution in [2.75, 3.05) is 11.9 Å². The molecule has 1 N–H and O–H groups in total. The van der Waals surface area contributed by atoms with Crippen LogP contribution in [0.15, 0.2) is 53.9 Å². The molecule has 1 unspecified atom stereocenters. The first kappa shape index (κ1) is 25.4. The molecule has 5 rings (SSSR count). The van der Waals surface area contributed by atoms with Crippen LogP contribution in [0, 0.1) is 11.3 Å². The fraction of sp³-hybridized carbons (Fsp3) is 0.310. The number of hydrogen-bond acceptors (Lipinski definition) is 6. The molecule has 0 saturated heterocycles. The maximum Gasteiger partial charge on any atom is 0.339 e. The molecule has 2 aromatic carbocycles. The number of para-hydroxylation sites is 1. The van der Waals surface area contributed by atoms with Crippen molar-refractivity contribution in [1.82, 2.24) is 9.97 Å². The number of hydrogen-bond donors (Lipinski definition) is 1. The molecule has 0 spiro atoms. The second kappa shape index (κ2) is 10.2. The zero-order valence-corrected chi connectivity index (χ0v) is 22.6. The number of esters is 1. The second-order valence-electron chi connectivity index (χ2n) is 10.4. The molecule has 0 radical (unpaired) electrons. The van der Waals surface area contributed by atoms with Gasteiger partial charge in [-0.25, -0.2) is 9.78 Å². The Bertz CT molecular complexity index is 1470. The fourth-order valence-corrected chi connectivity index (χ4v) is 5.67. The third-order valence-corrected chi connectivity index (χ3v) is 7.92. The van der Waals surface area contributed by atoms with E-state index in [1.165, 1.54) is 11.3 Å². The van der Waals surface area contributed by atoms with Crippen molar-refractivity contribution < 1.29 is 14.3 Å². The number of carbonyl (C=O) groups excluding carboxylic acids is 2. The highest BCUT2D eigenvalue weighted by Crippen LogP contribution is 2.39. The molecule has 37 heavy (non-hydrogen) atoms. The summed E-state index contributed by atoms with van der Waals surface area (Å²) in [6.45, 7) is 6.30. The van der Waals surface area contributed by atoms with E-state index < -0.39 is 18.5 Å². The number of aromatic nitrogens is 2. The third-order valence-electron chi connectivity index (χ3n) is 6.91. The van der Waals surface area contributed by atoms with Crippen LogP contribution in [0.1, 0.15) is 48.8 Å². The Morgan fingerprint density at radius 2 is 1.86 bits per heavy atom. The first-order valence-electron chi connectivity index (χ1n) is 12.3. The topological polar surface area (TPSA) is 81.2 Å². The highest BCUT2D eigenvalue weighted by atomic mass is 35.5. The van der Waals surface area contributed by atoms with Gasteiger partial charge in [0.2, 0.25) is 0 Å². The van der Waals surface area contributed by atoms with Crippen molar-refractivity contribution in [1.29, 1.82) is 0 Å². The molecule has 2 heterocycles. The molecule has 1 aliphatic carbocycles. The standard InChI is InChI=1S/C29H28ClN3O3S/c1-29(2,3)18-10-13-23-21(14-18)26(20-6-4-5-7-22(20)31-23)27(35)36-15-25(34)33-28-32-24(16-37-28)17-8-11-19(30)12-9-17/h4-9,11-12,16,18H,10,13-15H2,1-3H3,(H,32,33,34). The van der Waals surface area contributed by atoms with Gasteiger partial charge in [0.25, 0.3) is 5.91 Å². The number of anilines is 1. The van der Waals surface area contributed by atoms with E-state index >= 15 is 0 Å². The van der Waals surface area contributed by atoms with Gasteiger partial charge in [0.1, 0.15) is 0 Å². The minimum Gasteiger partial charge on any atom is -0.452 e. The van der Waals surface area contributed by atoms with Crippen molar-refractivity contribution in [2.24, 2.45) is 11.3 Å². The molecule has 2 aromatic heterocycles. The highest BCUT2D eigenvalue weighted by Gasteiger charge is 2.33. The number of thiazole rings is 1. The number of aryl methyl sites for hydroxylation is 1. The van der Waals surface area contributed by atoms with E-state index in [-0.39, 0.29) is 5.41 Å². The SMILES string of the molecule is CC(C)(C)C1CCc2nc3ccccc3c(C(=O)OCC(=O)Nc3nc(-c4ccc(Cl)cc4)cs3)c2C1. The van der Waals surface area contributed by atoms with Gasteiger partial charge in [0.15, 0.2) is 11.7 Å². The van der Waals surface area contributed by atoms with E-state index in [0.717, 1.165) is 52.7 Å². The summed E-state index contributed by atoms with van der Waals surface area (Å²) < 4.78 is 5.55. The summed E-state index contributed by atoms with van der Waals surface area (Å²) in [6, 6.07) is 14.9. The van der Waals surface area contributed by atoms with Gasteiger partial charge in [-0.3, -0.25) is 15.1 Å². The van der Waals surface area contributed by atoms with Crippen LogP contribution in [0.3, 0.4) is 0 Å². The van der Waals surface area contributed by atoms with Gasteiger partial charge in [-0.2, -0.15) is 0 Å². The van der Waals surface area contributed by atoms with E-state index in [2.05, 4.69) is 31.1 Å². The molecule has 1 atom stereocenters. The van der Waals surface area contributed by atoms with Crippen LogP contribution in [0.2, 0.25) is 5.02 Å². The average Bonchev–Trinajstić information content (AvgIpc) is 3.33. The van der Waals surface area contributed by atoms with Crippen LogP contribution in [0.4, 0.5) is 5.13 Å². The third kappa shape index (κ3) is 5.53. The van der Waals surface area contributed by atoms with Gasteiger partial charge >= 0.3 is 5.97 Å². The van der Waals surface area contributed by atoms with E-state index in [1.54, 1.807) is 12.1 Å². The van der Waals surface area contributed by atoms with Crippen LogP contribution in [0.5, 0.6) is 0 Å². The molecule has 4 aromatic rings. The van der Waals surface area contributed by atoms with E-state index in [1.807, 2.05) is 41.8 Å². The van der Waals surface area contributed by atoms with Crippen molar-refractivity contribution in [3.63, 3.8) is 0 Å². The van der Waals surface area contributed by atoms with Gasteiger partial charge < -0.3 is 4.74 Å². The summed E-state index contributed by atoms with van der Waals surface area (Å²) in [6.07, 6.45) is 2.62. The molecule has 1 amide bonds. The molecule has 190 valence electrons. The Morgan fingerprint density at radius 1 is 1.11 bits per heavy atom. The number of nitrogens with zero attached hydrogens (tertiary/aromatic N) is 2. The van der Waals surface area contributed by atoms with Crippen LogP contribution >= 0.6 is 22.9 Å². The lowest BCUT2D eigenvalue weighted by molar-refractivity contribution is -0.119. The number of ether oxygens (including phenoxy) is 1. The first-order chi connectivity index (χ1) is 17.7. The Balaban J connectivity index is 1.32. The summed E-state index contributed by atoms with van der Waals surface area (Å²) in [7, 11) is 0. The Morgan fingerprint density at radius 3 is 2.62 bits per heavy atom. The van der Waals surface area contributed by atoms with Crippen LogP contribution in [-0.2, 0) is 22.4 Å². The van der Waals surface area contributed by atoms with E-state index in [4.69, 9.17) is 21.3 Å². The number of halogens is 1. The lowest BCUT2D eigenvalue weighted by Crippen LogP contribution is -2.29. The number of amides is 1. The van der Waals surface area contributed by atoms with Gasteiger partial charge in [-0.15, -0.1) is 11.3 Å². The average molecular weight is 534 g/mol. The number of rotatable bonds is 5. The highest BCUT2D eigenvalue weighted by molar-refractivity contribution is 7.14. The maximum atomic E-state index is 13.4. The predicted molar refractivity (Wildman–Crippen MR) is 148 cm³/mol. The van der Waals surface area contributed by atoms with Crippen molar-refractivity contribution in [3.05, 3.63) is 75.8 Å². The molecular weight excluding hydrogens is 506 g/mol. The number of nitrogens with one attached hydrogen (secondary N) is 1. The lowest BCUT2D eigenvalue weighted by atomic mass is 9.70. The minimum absolute atomic E-state index is 0.114. The summed E-state index contributed by atoms with van der Waals surface area (Å²) in [5, 5.41) is 6.42. The molecule has 8 heteroatoms. The molecule has 6 nitrogen and oxygen atoms in total. The maximum absolute atomic E-state index is 13.4. The Hall–Kier alpha value is -3.29. The zero-order chi connectivity index (χ0) is 26.2. The number of pyridine rings is 1. The van der Waals surface area contributed by atoms with Crippen LogP contribution in [0.25, 0.3) is 22.2 Å². The van der Waals surface area contributed by atoms with Crippen LogP contribution in [-0.4, -0.2) is 28.5 Å². The molecule has 0 aliphatic heterocycles. The van der Waals surface area contributed by atoms with Crippen LogP contribution < -0.4 is 5.32 Å². The van der Waals surface area contributed by atoms with Gasteiger partial charge in [0, 0.05) is 27.0 Å². The normalized spacial score (nSPS) is 15.3. The molecule has 0 saturated carbocycles. The summed E-state index contributed by atoms with van der Waals surface area (Å²) in [5.74, 6) is -0.511. The number of benzene rings is 2. The fourth-order valence-electron chi connectivity index (χ4n) is 4.80. The largest absolute Gasteiger partial charge is 0.452 e. The summed E-state index contributed by atoms with van der Waals surface area (Å²) >= 11 is 7.26. The van der Waals surface area contributed by atoms with Gasteiger partial charge in [-0.05, 0) is 54.4 Å². The second-order valence-corrected chi connectivity index (χ2v) is 11.7. The monoisotopic (exact) mass is 533 g/mol. The summed E-state index contributed by atoms with van der Waals surface area (Å²) in [4.78, 5) is 35.3. The van der Waals surface area contributed by atoms with Crippen molar-refractivity contribution >= 4 is 50.8 Å². The number of fused-ring (bicyclic) bond motifs is 2. The predicted octanol–water partition coefficient (Wildman–Crippen LogP) is 6.96. The quantitative estimate of drug-likeness (QED) is 0.280. The zero-order valence-electron chi connectivity index (χ0n) is 21.0. The van der Waals surface area contributed by atoms with Crippen molar-refractivity contribution in [2.45, 2.75) is 40.0 Å². The van der Waals surface area contributed by atoms with E-state index in [0.29, 0.717) is 21.6 Å². The van der Waals surface area contributed by atoms with E-state index in [9.17, 15) is 9.59 Å². The first-order valence-corrected chi connectivity index (χ1v) is 13.5. The Kier molecular flexibility index (Phi) is 7.01. The smallest absolute Gasteiger partial charge is 0.339 e. The Labute approximate surface area is 225 Å². The molecule has 0 fully saturated rings. The van der Waals surface area contributed by atoms with Gasteiger partial charge in [0.05, 0.1) is 16.8 Å². The molecule has 0 bridgehead atoms. The summed E-state index contributed by atoms with van der Waals surface area (Å²) in [5.41, 5.74) is 4.94. The minimum atomic E-state index is -0.499. The lowest BCUT2D eigenvalue weighted by Gasteiger charge is -2.35. The van der Waals surface area contributed by atoms with Crippen molar-refractivity contribution in [3.8, 4) is 11.3 Å². The number of carbonyl (C=O) groups is 2. The molecule has 1 aliphatic rings. The van der Waals surface area contributed by atoms with Gasteiger partial charge in [-0.1, -0.05) is 62.7 Å².